The van der Waals surface area contributed by atoms with E-state index in [1.54, 1.807) is 0 Å². The molecule has 1 unspecified atom stereocenters. The monoisotopic (exact) mass is 210 g/mol. The van der Waals surface area contributed by atoms with Crippen molar-refractivity contribution in [2.45, 2.75) is 6.17 Å². The fraction of sp³-hybridized carbons (Fsp3) is 0.286. The molecule has 1 heterocycles. The van der Waals surface area contributed by atoms with Crippen LogP contribution in [-0.2, 0) is 4.79 Å². The molecule has 0 aliphatic rings. The molecular formula is C7H8N5O3. The average Bonchev–Trinajstić information content (AvgIpc) is 2.71. The van der Waals surface area contributed by atoms with Gasteiger partial charge in [-0.3, -0.25) is 9.69 Å². The summed E-state index contributed by atoms with van der Waals surface area (Å²) in [5, 5.41) is 18.9. The van der Waals surface area contributed by atoms with E-state index >= 15 is 0 Å². The second-order valence-electron chi connectivity index (χ2n) is 2.50. The van der Waals surface area contributed by atoms with Gasteiger partial charge in [-0.1, -0.05) is 6.08 Å². The molecule has 0 fully saturated rings. The third-order valence-corrected chi connectivity index (χ3v) is 1.59. The Labute approximate surface area is 84.8 Å². The second-order valence-corrected chi connectivity index (χ2v) is 2.50. The third-order valence-electron chi connectivity index (χ3n) is 1.59. The lowest BCUT2D eigenvalue weighted by atomic mass is 10.4. The predicted molar refractivity (Wildman–Crippen MR) is 47.5 cm³/mol. The molecule has 15 heavy (non-hydrogen) atoms. The first-order valence-corrected chi connectivity index (χ1v) is 3.91. The van der Waals surface area contributed by atoms with Crippen LogP contribution >= 0.6 is 0 Å². The maximum atomic E-state index is 10.8. The molecule has 0 saturated carbocycles. The quantitative estimate of drug-likeness (QED) is 0.654. The van der Waals surface area contributed by atoms with Gasteiger partial charge in [0.1, 0.15) is 6.33 Å². The minimum Gasteiger partial charge on any atom is -0.465 e. The number of aromatic nitrogens is 4. The standard InChI is InChI=1S/C7H8N5O3/c1-2-3-11(7(14)15)6(4-13)12-5-8-9-10-12/h2,5-6H,1,3H2,(H,14,15). The summed E-state index contributed by atoms with van der Waals surface area (Å²) in [7, 11) is 0. The molecule has 1 rings (SSSR count). The second kappa shape index (κ2) is 4.84. The highest BCUT2D eigenvalue weighted by Gasteiger charge is 2.24. The van der Waals surface area contributed by atoms with Gasteiger partial charge >= 0.3 is 6.09 Å². The van der Waals surface area contributed by atoms with Gasteiger partial charge in [-0.05, 0) is 10.4 Å². The van der Waals surface area contributed by atoms with Gasteiger partial charge in [-0.2, -0.15) is 0 Å². The molecule has 1 radical (unpaired) electrons. The van der Waals surface area contributed by atoms with Crippen LogP contribution in [0.15, 0.2) is 19.0 Å². The molecule has 1 aromatic rings. The van der Waals surface area contributed by atoms with Crippen molar-refractivity contribution in [3.8, 4) is 0 Å². The number of nitrogens with zero attached hydrogens (tertiary/aromatic N) is 5. The van der Waals surface area contributed by atoms with Gasteiger partial charge in [0.05, 0.1) is 0 Å². The van der Waals surface area contributed by atoms with E-state index in [0.29, 0.717) is 0 Å². The average molecular weight is 210 g/mol. The van der Waals surface area contributed by atoms with Crippen molar-refractivity contribution in [1.82, 2.24) is 25.1 Å². The highest BCUT2D eigenvalue weighted by atomic mass is 16.4. The Morgan fingerprint density at radius 2 is 2.53 bits per heavy atom. The number of amides is 1. The Morgan fingerprint density at radius 3 is 2.93 bits per heavy atom. The van der Waals surface area contributed by atoms with Gasteiger partial charge in [0.15, 0.2) is 6.17 Å². The zero-order valence-electron chi connectivity index (χ0n) is 7.65. The Morgan fingerprint density at radius 1 is 1.80 bits per heavy atom. The van der Waals surface area contributed by atoms with Crippen LogP contribution in [0, 0.1) is 0 Å². The summed E-state index contributed by atoms with van der Waals surface area (Å²) in [6.07, 6.45) is 1.54. The summed E-state index contributed by atoms with van der Waals surface area (Å²) in [5.74, 6) is 0. The molecule has 0 saturated heterocycles. The first kappa shape index (κ1) is 10.8. The number of rotatable bonds is 5. The van der Waals surface area contributed by atoms with Gasteiger partial charge in [-0.15, -0.1) is 11.7 Å². The summed E-state index contributed by atoms with van der Waals surface area (Å²) in [4.78, 5) is 22.2. The third kappa shape index (κ3) is 2.36. The van der Waals surface area contributed by atoms with Crippen molar-refractivity contribution in [2.24, 2.45) is 0 Å². The highest BCUT2D eigenvalue weighted by molar-refractivity contribution is 5.70. The summed E-state index contributed by atoms with van der Waals surface area (Å²) in [6, 6.07) is 0. The van der Waals surface area contributed by atoms with Crippen LogP contribution in [-0.4, -0.2) is 49.1 Å². The molecule has 8 nitrogen and oxygen atoms in total. The molecular weight excluding hydrogens is 202 g/mol. The molecule has 1 aromatic heterocycles. The lowest BCUT2D eigenvalue weighted by molar-refractivity contribution is 0.124. The molecule has 0 aliphatic carbocycles. The number of carbonyl (C=O) groups is 1. The normalized spacial score (nSPS) is 11.7. The first-order chi connectivity index (χ1) is 7.20. The van der Waals surface area contributed by atoms with E-state index in [4.69, 9.17) is 5.11 Å². The lowest BCUT2D eigenvalue weighted by Gasteiger charge is -2.22. The number of tetrazole rings is 1. The van der Waals surface area contributed by atoms with Crippen LogP contribution in [0.25, 0.3) is 0 Å². The smallest absolute Gasteiger partial charge is 0.409 e. The lowest BCUT2D eigenvalue weighted by Crippen LogP contribution is -2.38. The van der Waals surface area contributed by atoms with E-state index in [9.17, 15) is 9.59 Å². The van der Waals surface area contributed by atoms with Crippen LogP contribution in [0.4, 0.5) is 4.79 Å². The van der Waals surface area contributed by atoms with E-state index < -0.39 is 12.3 Å². The van der Waals surface area contributed by atoms with E-state index in [0.717, 1.165) is 15.9 Å². The Balaban J connectivity index is 2.92. The summed E-state index contributed by atoms with van der Waals surface area (Å²) >= 11 is 0. The van der Waals surface area contributed by atoms with Crippen molar-refractivity contribution in [2.75, 3.05) is 6.54 Å². The van der Waals surface area contributed by atoms with Gasteiger partial charge < -0.3 is 5.11 Å². The van der Waals surface area contributed by atoms with Gasteiger partial charge in [0, 0.05) is 6.54 Å². The van der Waals surface area contributed by atoms with Gasteiger partial charge in [0.25, 0.3) is 0 Å². The number of hydrogen-bond acceptors (Lipinski definition) is 5. The Bertz CT molecular complexity index is 350. The Kier molecular flexibility index (Phi) is 3.49. The highest BCUT2D eigenvalue weighted by Crippen LogP contribution is 2.08. The largest absolute Gasteiger partial charge is 0.465 e. The van der Waals surface area contributed by atoms with Gasteiger partial charge in [-0.25, -0.2) is 9.48 Å². The fourth-order valence-electron chi connectivity index (χ4n) is 0.963. The molecule has 0 aliphatic heterocycles. The molecule has 0 spiro atoms. The van der Waals surface area contributed by atoms with Crippen LogP contribution in [0.1, 0.15) is 6.17 Å². The molecule has 1 amide bonds. The number of hydrogen-bond donors (Lipinski definition) is 1. The van der Waals surface area contributed by atoms with Crippen LogP contribution in [0.2, 0.25) is 0 Å². The number of carboxylic acid groups (broad SMARTS) is 1. The molecule has 0 bridgehead atoms. The summed E-state index contributed by atoms with van der Waals surface area (Å²) < 4.78 is 0.991. The van der Waals surface area contributed by atoms with E-state index in [1.807, 2.05) is 0 Å². The van der Waals surface area contributed by atoms with Crippen molar-refractivity contribution in [3.05, 3.63) is 19.0 Å². The zero-order valence-corrected chi connectivity index (χ0v) is 7.65. The Hall–Kier alpha value is -2.25. The fourth-order valence-corrected chi connectivity index (χ4v) is 0.963. The molecule has 79 valence electrons. The van der Waals surface area contributed by atoms with Crippen molar-refractivity contribution >= 4 is 12.4 Å². The molecule has 0 aromatic carbocycles. The van der Waals surface area contributed by atoms with Gasteiger partial charge in [0.2, 0.25) is 6.29 Å². The molecule has 1 N–H and O–H groups in total. The van der Waals surface area contributed by atoms with Crippen LogP contribution in [0.3, 0.4) is 0 Å². The van der Waals surface area contributed by atoms with Crippen molar-refractivity contribution < 1.29 is 14.7 Å². The summed E-state index contributed by atoms with van der Waals surface area (Å²) in [6.45, 7) is 3.37. The van der Waals surface area contributed by atoms with E-state index in [2.05, 4.69) is 22.1 Å². The maximum Gasteiger partial charge on any atom is 0.409 e. The zero-order chi connectivity index (χ0) is 11.3. The SMILES string of the molecule is C=CCN(C(=O)O)C([C]=O)n1cnnn1. The van der Waals surface area contributed by atoms with Crippen LogP contribution in [0.5, 0.6) is 0 Å². The maximum absolute atomic E-state index is 10.8. The molecule has 1 atom stereocenters. The topological polar surface area (TPSA) is 101 Å². The minimum absolute atomic E-state index is 0.0188. The molecule has 8 heteroatoms. The van der Waals surface area contributed by atoms with E-state index in [-0.39, 0.29) is 6.54 Å². The van der Waals surface area contributed by atoms with Crippen molar-refractivity contribution in [1.29, 1.82) is 0 Å². The number of carbonyl (C=O) groups excluding carboxylic acids is 1. The predicted octanol–water partition coefficient (Wildman–Crippen LogP) is -0.553. The van der Waals surface area contributed by atoms with E-state index in [1.165, 1.54) is 12.4 Å². The van der Waals surface area contributed by atoms with Crippen LogP contribution < -0.4 is 0 Å². The first-order valence-electron chi connectivity index (χ1n) is 3.91. The van der Waals surface area contributed by atoms with Crippen molar-refractivity contribution in [3.63, 3.8) is 0 Å². The minimum atomic E-state index is -1.28. The summed E-state index contributed by atoms with van der Waals surface area (Å²) in [5.41, 5.74) is 0.